The van der Waals surface area contributed by atoms with E-state index in [-0.39, 0.29) is 17.2 Å². The normalized spacial score (nSPS) is 10.7. The lowest BCUT2D eigenvalue weighted by Gasteiger charge is -2.10. The van der Waals surface area contributed by atoms with Crippen LogP contribution in [0.2, 0.25) is 5.02 Å². The average molecular weight is 470 g/mol. The maximum Gasteiger partial charge on any atom is 0.270 e. The number of nitriles is 1. The quantitative estimate of drug-likeness (QED) is 0.282. The number of aromatic nitrogens is 2. The van der Waals surface area contributed by atoms with Crippen LogP contribution in [0.5, 0.6) is 5.75 Å². The highest BCUT2D eigenvalue weighted by Gasteiger charge is 2.13. The van der Waals surface area contributed by atoms with Crippen molar-refractivity contribution in [3.8, 4) is 23.1 Å². The van der Waals surface area contributed by atoms with Gasteiger partial charge in [-0.25, -0.2) is 10.4 Å². The van der Waals surface area contributed by atoms with Crippen molar-refractivity contribution in [1.82, 2.24) is 9.97 Å². The summed E-state index contributed by atoms with van der Waals surface area (Å²) in [6, 6.07) is 24.2. The van der Waals surface area contributed by atoms with Crippen LogP contribution < -0.4 is 15.7 Å². The van der Waals surface area contributed by atoms with Gasteiger partial charge >= 0.3 is 0 Å². The molecule has 0 saturated carbocycles. The minimum absolute atomic E-state index is 0.0673. The maximum absolute atomic E-state index is 12.4. The molecule has 0 atom stereocenters. The van der Waals surface area contributed by atoms with Gasteiger partial charge in [-0.3, -0.25) is 9.78 Å². The molecule has 0 aliphatic carbocycles. The van der Waals surface area contributed by atoms with Gasteiger partial charge in [-0.2, -0.15) is 10.4 Å². The van der Waals surface area contributed by atoms with E-state index >= 15 is 0 Å². The van der Waals surface area contributed by atoms with Crippen molar-refractivity contribution >= 4 is 23.8 Å². The summed E-state index contributed by atoms with van der Waals surface area (Å²) >= 11 is 6.16. The second-order valence-corrected chi connectivity index (χ2v) is 7.88. The molecule has 2 N–H and O–H groups in total. The van der Waals surface area contributed by atoms with Crippen LogP contribution in [0.3, 0.4) is 0 Å². The van der Waals surface area contributed by atoms with Crippen molar-refractivity contribution in [2.45, 2.75) is 13.5 Å². The van der Waals surface area contributed by atoms with Gasteiger partial charge < -0.3 is 4.74 Å². The smallest absolute Gasteiger partial charge is 0.270 e. The van der Waals surface area contributed by atoms with E-state index in [1.807, 2.05) is 55.5 Å². The lowest BCUT2D eigenvalue weighted by atomic mass is 10.1. The highest BCUT2D eigenvalue weighted by atomic mass is 35.5. The topological polar surface area (TPSA) is 103 Å². The van der Waals surface area contributed by atoms with Gasteiger partial charge in [-0.1, -0.05) is 71.8 Å². The number of nitrogens with one attached hydrogen (secondary N) is 2. The molecule has 0 radical (unpaired) electrons. The Hall–Kier alpha value is -4.41. The summed E-state index contributed by atoms with van der Waals surface area (Å²) in [6.45, 7) is 2.42. The Morgan fingerprint density at radius 2 is 1.91 bits per heavy atom. The molecular formula is C26H20ClN5O2. The third kappa shape index (κ3) is 5.49. The van der Waals surface area contributed by atoms with E-state index in [0.717, 1.165) is 5.56 Å². The van der Waals surface area contributed by atoms with Crippen LogP contribution >= 0.6 is 11.6 Å². The summed E-state index contributed by atoms with van der Waals surface area (Å²) < 4.78 is 5.96. The first-order valence-corrected chi connectivity index (χ1v) is 10.8. The first kappa shape index (κ1) is 22.8. The van der Waals surface area contributed by atoms with Crippen molar-refractivity contribution in [2.75, 3.05) is 5.43 Å². The van der Waals surface area contributed by atoms with Crippen molar-refractivity contribution in [3.63, 3.8) is 0 Å². The number of hydrogen-bond donors (Lipinski definition) is 2. The van der Waals surface area contributed by atoms with Gasteiger partial charge in [0.15, 0.2) is 0 Å². The van der Waals surface area contributed by atoms with E-state index in [4.69, 9.17) is 16.3 Å². The molecule has 0 amide bonds. The molecule has 0 unspecified atom stereocenters. The van der Waals surface area contributed by atoms with Gasteiger partial charge in [0, 0.05) is 16.1 Å². The fourth-order valence-corrected chi connectivity index (χ4v) is 3.38. The van der Waals surface area contributed by atoms with Gasteiger partial charge in [0.05, 0.1) is 11.9 Å². The van der Waals surface area contributed by atoms with Crippen molar-refractivity contribution in [1.29, 1.82) is 5.26 Å². The standard InChI is InChI=1S/C26H20ClN5O2/c1-17-7-9-18(10-8-17)16-34-23-12-11-21(27)13-20(23)15-29-32-26-30-24(19-5-3-2-4-6-19)22(14-28)25(33)31-26/h2-13,15H,16H2,1H3,(H2,30,31,32,33). The van der Waals surface area contributed by atoms with Crippen LogP contribution in [-0.4, -0.2) is 16.2 Å². The Morgan fingerprint density at radius 3 is 2.65 bits per heavy atom. The number of aromatic amines is 1. The van der Waals surface area contributed by atoms with Crippen molar-refractivity contribution < 1.29 is 4.74 Å². The van der Waals surface area contributed by atoms with Gasteiger partial charge in [0.2, 0.25) is 5.95 Å². The summed E-state index contributed by atoms with van der Waals surface area (Å²) in [6.07, 6.45) is 1.52. The molecule has 34 heavy (non-hydrogen) atoms. The predicted octanol–water partition coefficient (Wildman–Crippen LogP) is 5.30. The van der Waals surface area contributed by atoms with E-state index in [1.54, 1.807) is 30.3 Å². The Labute approximate surface area is 201 Å². The van der Waals surface area contributed by atoms with Gasteiger partial charge in [-0.05, 0) is 30.7 Å². The number of aryl methyl sites for hydroxylation is 1. The highest BCUT2D eigenvalue weighted by molar-refractivity contribution is 6.30. The zero-order valence-corrected chi connectivity index (χ0v) is 19.0. The largest absolute Gasteiger partial charge is 0.488 e. The first-order valence-electron chi connectivity index (χ1n) is 10.4. The fourth-order valence-electron chi connectivity index (χ4n) is 3.19. The Balaban J connectivity index is 1.55. The van der Waals surface area contributed by atoms with Gasteiger partial charge in [0.1, 0.15) is 24.0 Å². The predicted molar refractivity (Wildman–Crippen MR) is 133 cm³/mol. The number of rotatable bonds is 7. The molecule has 0 bridgehead atoms. The summed E-state index contributed by atoms with van der Waals surface area (Å²) in [5, 5.41) is 14.1. The number of ether oxygens (including phenoxy) is 1. The lowest BCUT2D eigenvalue weighted by molar-refractivity contribution is 0.306. The zero-order valence-electron chi connectivity index (χ0n) is 18.2. The molecule has 0 spiro atoms. The molecular weight excluding hydrogens is 450 g/mol. The number of hydrazone groups is 1. The van der Waals surface area contributed by atoms with Crippen LogP contribution in [0.15, 0.2) is 82.7 Å². The third-order valence-electron chi connectivity index (χ3n) is 4.94. The lowest BCUT2D eigenvalue weighted by Crippen LogP contribution is -2.16. The monoisotopic (exact) mass is 469 g/mol. The summed E-state index contributed by atoms with van der Waals surface area (Å²) in [5.41, 5.74) is 5.88. The van der Waals surface area contributed by atoms with Gasteiger partial charge in [-0.15, -0.1) is 0 Å². The summed E-state index contributed by atoms with van der Waals surface area (Å²) in [4.78, 5) is 19.3. The number of halogens is 1. The van der Waals surface area contributed by atoms with E-state index in [2.05, 4.69) is 20.5 Å². The average Bonchev–Trinajstić information content (AvgIpc) is 2.85. The maximum atomic E-state index is 12.4. The Kier molecular flexibility index (Phi) is 7.01. The number of hydrogen-bond acceptors (Lipinski definition) is 6. The minimum atomic E-state index is -0.557. The molecule has 7 nitrogen and oxygen atoms in total. The second kappa shape index (κ2) is 10.5. The Morgan fingerprint density at radius 1 is 1.15 bits per heavy atom. The number of benzene rings is 3. The SMILES string of the molecule is Cc1ccc(COc2ccc(Cl)cc2C=NNc2nc(-c3ccccc3)c(C#N)c(=O)[nH]2)cc1. The second-order valence-electron chi connectivity index (χ2n) is 7.44. The molecule has 8 heteroatoms. The van der Waals surface area contributed by atoms with E-state index in [0.29, 0.717) is 28.5 Å². The first-order chi connectivity index (χ1) is 16.5. The van der Waals surface area contributed by atoms with Crippen LogP contribution in [-0.2, 0) is 6.61 Å². The van der Waals surface area contributed by atoms with E-state index < -0.39 is 5.56 Å². The summed E-state index contributed by atoms with van der Waals surface area (Å²) in [5.74, 6) is 0.699. The Bertz CT molecular complexity index is 1420. The molecule has 0 aliphatic heterocycles. The van der Waals surface area contributed by atoms with E-state index in [1.165, 1.54) is 11.8 Å². The van der Waals surface area contributed by atoms with Gasteiger partial charge in [0.25, 0.3) is 5.56 Å². The molecule has 0 saturated heterocycles. The molecule has 4 rings (SSSR count). The number of H-pyrrole nitrogens is 1. The number of nitrogens with zero attached hydrogens (tertiary/aromatic N) is 3. The van der Waals surface area contributed by atoms with Crippen LogP contribution in [0, 0.1) is 18.3 Å². The van der Waals surface area contributed by atoms with Crippen LogP contribution in [0.25, 0.3) is 11.3 Å². The molecule has 1 aromatic heterocycles. The minimum Gasteiger partial charge on any atom is -0.488 e. The van der Waals surface area contributed by atoms with E-state index in [9.17, 15) is 10.1 Å². The molecule has 0 fully saturated rings. The third-order valence-corrected chi connectivity index (χ3v) is 5.17. The molecule has 4 aromatic rings. The molecule has 1 heterocycles. The van der Waals surface area contributed by atoms with Crippen LogP contribution in [0.1, 0.15) is 22.3 Å². The van der Waals surface area contributed by atoms with Crippen molar-refractivity contribution in [2.24, 2.45) is 5.10 Å². The van der Waals surface area contributed by atoms with Crippen molar-refractivity contribution in [3.05, 3.63) is 110 Å². The molecule has 3 aromatic carbocycles. The summed E-state index contributed by atoms with van der Waals surface area (Å²) in [7, 11) is 0. The highest BCUT2D eigenvalue weighted by Crippen LogP contribution is 2.23. The molecule has 168 valence electrons. The molecule has 0 aliphatic rings. The zero-order chi connectivity index (χ0) is 23.9. The van der Waals surface area contributed by atoms with Crippen LogP contribution in [0.4, 0.5) is 5.95 Å². The fraction of sp³-hybridized carbons (Fsp3) is 0.0769. The number of anilines is 1.